The summed E-state index contributed by atoms with van der Waals surface area (Å²) in [6.07, 6.45) is 0. The van der Waals surface area contributed by atoms with Crippen molar-refractivity contribution in [2.45, 2.75) is 6.92 Å². The summed E-state index contributed by atoms with van der Waals surface area (Å²) in [6, 6.07) is 13.9. The van der Waals surface area contributed by atoms with E-state index in [9.17, 15) is 0 Å². The number of hydrogen-bond acceptors (Lipinski definition) is 2. The van der Waals surface area contributed by atoms with E-state index in [4.69, 9.17) is 5.73 Å². The number of para-hydroxylation sites is 1. The second-order valence-electron chi connectivity index (χ2n) is 3.68. The van der Waals surface area contributed by atoms with Gasteiger partial charge in [0.05, 0.1) is 5.69 Å². The van der Waals surface area contributed by atoms with E-state index in [1.54, 1.807) is 0 Å². The molecule has 0 saturated carbocycles. The topological polar surface area (TPSA) is 38.0 Å². The Morgan fingerprint density at radius 3 is 2.50 bits per heavy atom. The lowest BCUT2D eigenvalue weighted by molar-refractivity contribution is 1.42. The predicted octanol–water partition coefficient (Wildman–Crippen LogP) is 4.08. The summed E-state index contributed by atoms with van der Waals surface area (Å²) in [5.41, 5.74) is 9.76. The fourth-order valence-corrected chi connectivity index (χ4v) is 1.92. The molecule has 3 N–H and O–H groups in total. The smallest absolute Gasteiger partial charge is 0.0528 e. The number of aryl methyl sites for hydroxylation is 1. The molecule has 0 aliphatic heterocycles. The van der Waals surface area contributed by atoms with Crippen molar-refractivity contribution in [3.63, 3.8) is 0 Å². The van der Waals surface area contributed by atoms with Crippen LogP contribution in [0.3, 0.4) is 0 Å². The molecule has 0 bridgehead atoms. The molecule has 0 heterocycles. The van der Waals surface area contributed by atoms with E-state index >= 15 is 0 Å². The minimum atomic E-state index is 0.787. The molecule has 0 radical (unpaired) electrons. The van der Waals surface area contributed by atoms with Crippen LogP contribution in [0.15, 0.2) is 46.9 Å². The maximum absolute atomic E-state index is 5.71. The normalized spacial score (nSPS) is 10.1. The number of rotatable bonds is 2. The Labute approximate surface area is 104 Å². The largest absolute Gasteiger partial charge is 0.399 e. The molecule has 0 atom stereocenters. The first-order valence-corrected chi connectivity index (χ1v) is 5.84. The van der Waals surface area contributed by atoms with Crippen LogP contribution >= 0.6 is 15.9 Å². The van der Waals surface area contributed by atoms with Crippen molar-refractivity contribution in [1.82, 2.24) is 0 Å². The van der Waals surface area contributed by atoms with Crippen LogP contribution in [0.5, 0.6) is 0 Å². The molecule has 0 spiro atoms. The van der Waals surface area contributed by atoms with Gasteiger partial charge in [-0.05, 0) is 58.7 Å². The van der Waals surface area contributed by atoms with Gasteiger partial charge in [-0.1, -0.05) is 12.1 Å². The lowest BCUT2D eigenvalue weighted by atomic mass is 10.1. The molecule has 0 aliphatic carbocycles. The fraction of sp³-hybridized carbons (Fsp3) is 0.0769. The molecule has 0 aliphatic rings. The van der Waals surface area contributed by atoms with Gasteiger partial charge in [-0.25, -0.2) is 0 Å². The van der Waals surface area contributed by atoms with Gasteiger partial charge in [0.15, 0.2) is 0 Å². The van der Waals surface area contributed by atoms with E-state index in [-0.39, 0.29) is 0 Å². The van der Waals surface area contributed by atoms with Gasteiger partial charge in [0, 0.05) is 15.8 Å². The van der Waals surface area contributed by atoms with Crippen LogP contribution in [0.2, 0.25) is 0 Å². The van der Waals surface area contributed by atoms with Crippen LogP contribution in [0, 0.1) is 6.92 Å². The van der Waals surface area contributed by atoms with Crippen molar-refractivity contribution in [3.05, 3.63) is 52.5 Å². The van der Waals surface area contributed by atoms with Crippen LogP contribution in [0.1, 0.15) is 5.56 Å². The van der Waals surface area contributed by atoms with Crippen molar-refractivity contribution in [2.24, 2.45) is 0 Å². The maximum Gasteiger partial charge on any atom is 0.0528 e. The minimum absolute atomic E-state index is 0.787. The molecular weight excluding hydrogens is 264 g/mol. The Hall–Kier alpha value is -1.48. The molecule has 16 heavy (non-hydrogen) atoms. The molecule has 2 rings (SSSR count). The van der Waals surface area contributed by atoms with Gasteiger partial charge in [0.2, 0.25) is 0 Å². The Kier molecular flexibility index (Phi) is 3.15. The molecule has 0 unspecified atom stereocenters. The minimum Gasteiger partial charge on any atom is -0.399 e. The van der Waals surface area contributed by atoms with E-state index < -0.39 is 0 Å². The van der Waals surface area contributed by atoms with Crippen molar-refractivity contribution >= 4 is 33.0 Å². The first-order valence-electron chi connectivity index (χ1n) is 5.04. The summed E-state index contributed by atoms with van der Waals surface area (Å²) < 4.78 is 1.05. The number of nitrogen functional groups attached to an aromatic ring is 1. The van der Waals surface area contributed by atoms with Crippen LogP contribution < -0.4 is 11.1 Å². The van der Waals surface area contributed by atoms with Crippen molar-refractivity contribution < 1.29 is 0 Å². The predicted molar refractivity (Wildman–Crippen MR) is 73.0 cm³/mol. The molecule has 0 fully saturated rings. The Bertz CT molecular complexity index is 509. The average molecular weight is 277 g/mol. The van der Waals surface area contributed by atoms with E-state index in [2.05, 4.69) is 21.2 Å². The van der Waals surface area contributed by atoms with Gasteiger partial charge in [0.25, 0.3) is 0 Å². The first-order chi connectivity index (χ1) is 7.66. The molecule has 2 aromatic carbocycles. The number of hydrogen-bond donors (Lipinski definition) is 2. The van der Waals surface area contributed by atoms with Gasteiger partial charge in [-0.2, -0.15) is 0 Å². The highest BCUT2D eigenvalue weighted by atomic mass is 79.9. The van der Waals surface area contributed by atoms with E-state index in [1.807, 2.05) is 49.4 Å². The molecule has 2 nitrogen and oxygen atoms in total. The fourth-order valence-electron chi connectivity index (χ4n) is 1.53. The van der Waals surface area contributed by atoms with Gasteiger partial charge in [0.1, 0.15) is 0 Å². The quantitative estimate of drug-likeness (QED) is 0.811. The highest BCUT2D eigenvalue weighted by Gasteiger charge is 2.01. The lowest BCUT2D eigenvalue weighted by Crippen LogP contribution is -1.95. The summed E-state index contributed by atoms with van der Waals surface area (Å²) in [6.45, 7) is 2.04. The van der Waals surface area contributed by atoms with Gasteiger partial charge >= 0.3 is 0 Å². The monoisotopic (exact) mass is 276 g/mol. The second-order valence-corrected chi connectivity index (χ2v) is 4.53. The number of benzene rings is 2. The van der Waals surface area contributed by atoms with E-state index in [0.29, 0.717) is 0 Å². The highest BCUT2D eigenvalue weighted by Crippen LogP contribution is 2.27. The molecule has 82 valence electrons. The van der Waals surface area contributed by atoms with Crippen LogP contribution in [-0.2, 0) is 0 Å². The van der Waals surface area contributed by atoms with E-state index in [0.717, 1.165) is 27.1 Å². The van der Waals surface area contributed by atoms with Gasteiger partial charge in [-0.3, -0.25) is 0 Å². The third-order valence-corrected chi connectivity index (χ3v) is 3.09. The maximum atomic E-state index is 5.71. The van der Waals surface area contributed by atoms with Crippen molar-refractivity contribution in [1.29, 1.82) is 0 Å². The summed E-state index contributed by atoms with van der Waals surface area (Å²) in [5, 5.41) is 3.37. The summed E-state index contributed by atoms with van der Waals surface area (Å²) in [5.74, 6) is 0. The SMILES string of the molecule is Cc1cc(N)ccc1Nc1ccccc1Br. The molecular formula is C13H13BrN2. The van der Waals surface area contributed by atoms with E-state index in [1.165, 1.54) is 0 Å². The zero-order valence-corrected chi connectivity index (χ0v) is 10.6. The summed E-state index contributed by atoms with van der Waals surface area (Å²) in [4.78, 5) is 0. The number of nitrogens with one attached hydrogen (secondary N) is 1. The van der Waals surface area contributed by atoms with Crippen molar-refractivity contribution in [3.8, 4) is 0 Å². The third-order valence-electron chi connectivity index (χ3n) is 2.39. The van der Waals surface area contributed by atoms with Crippen LogP contribution in [-0.4, -0.2) is 0 Å². The zero-order valence-electron chi connectivity index (χ0n) is 9.00. The van der Waals surface area contributed by atoms with Gasteiger partial charge < -0.3 is 11.1 Å². The summed E-state index contributed by atoms with van der Waals surface area (Å²) in [7, 11) is 0. The lowest BCUT2D eigenvalue weighted by Gasteiger charge is -2.11. The Morgan fingerprint density at radius 2 is 1.81 bits per heavy atom. The number of anilines is 3. The van der Waals surface area contributed by atoms with Gasteiger partial charge in [-0.15, -0.1) is 0 Å². The van der Waals surface area contributed by atoms with Crippen LogP contribution in [0.4, 0.5) is 17.1 Å². The Balaban J connectivity index is 2.31. The highest BCUT2D eigenvalue weighted by molar-refractivity contribution is 9.10. The molecule has 0 amide bonds. The summed E-state index contributed by atoms with van der Waals surface area (Å²) >= 11 is 3.51. The number of nitrogens with two attached hydrogens (primary N) is 1. The molecule has 2 aromatic rings. The van der Waals surface area contributed by atoms with Crippen LogP contribution in [0.25, 0.3) is 0 Å². The Morgan fingerprint density at radius 1 is 1.06 bits per heavy atom. The molecule has 3 heteroatoms. The first kappa shape index (κ1) is 11.0. The third kappa shape index (κ3) is 2.36. The second kappa shape index (κ2) is 4.58. The average Bonchev–Trinajstić information content (AvgIpc) is 2.25. The zero-order chi connectivity index (χ0) is 11.5. The van der Waals surface area contributed by atoms with Crippen molar-refractivity contribution in [2.75, 3.05) is 11.1 Å². The molecule has 0 aromatic heterocycles. The number of halogens is 1. The molecule has 0 saturated heterocycles. The standard InChI is InChI=1S/C13H13BrN2/c1-9-8-10(15)6-7-12(9)16-13-5-3-2-4-11(13)14/h2-8,16H,15H2,1H3.